The highest BCUT2D eigenvalue weighted by molar-refractivity contribution is 6.32. The van der Waals surface area contributed by atoms with Crippen LogP contribution in [0.1, 0.15) is 23.0 Å². The Morgan fingerprint density at radius 1 is 1.53 bits per heavy atom. The Bertz CT molecular complexity index is 606. The molecule has 0 aliphatic carbocycles. The Balaban J connectivity index is 2.03. The molecule has 0 fully saturated rings. The van der Waals surface area contributed by atoms with Crippen molar-refractivity contribution in [2.45, 2.75) is 13.5 Å². The maximum atomic E-state index is 11.8. The Kier molecular flexibility index (Phi) is 4.30. The summed E-state index contributed by atoms with van der Waals surface area (Å²) in [6, 6.07) is 7.07. The summed E-state index contributed by atoms with van der Waals surface area (Å²) in [5.41, 5.74) is 3.64. The SMILES string of the molecule is CCn1cccc1C=NNC(=O)c1cccnc1Cl. The van der Waals surface area contributed by atoms with Crippen LogP contribution in [-0.2, 0) is 6.54 Å². The lowest BCUT2D eigenvalue weighted by Crippen LogP contribution is -2.18. The van der Waals surface area contributed by atoms with Crippen LogP contribution in [0.15, 0.2) is 41.8 Å². The van der Waals surface area contributed by atoms with Gasteiger partial charge in [-0.2, -0.15) is 5.10 Å². The van der Waals surface area contributed by atoms with Crippen molar-refractivity contribution in [3.63, 3.8) is 0 Å². The minimum absolute atomic E-state index is 0.159. The summed E-state index contributed by atoms with van der Waals surface area (Å²) in [4.78, 5) is 15.6. The predicted molar refractivity (Wildman–Crippen MR) is 74.4 cm³/mol. The number of halogens is 1. The molecule has 2 aromatic rings. The average Bonchev–Trinajstić information content (AvgIpc) is 2.86. The number of nitrogens with zero attached hydrogens (tertiary/aromatic N) is 3. The minimum Gasteiger partial charge on any atom is -0.347 e. The quantitative estimate of drug-likeness (QED) is 0.529. The van der Waals surface area contributed by atoms with Crippen LogP contribution in [0.25, 0.3) is 0 Å². The van der Waals surface area contributed by atoms with Crippen LogP contribution in [0.5, 0.6) is 0 Å². The molecule has 0 bridgehead atoms. The van der Waals surface area contributed by atoms with Gasteiger partial charge in [0.25, 0.3) is 5.91 Å². The molecule has 0 unspecified atom stereocenters. The van der Waals surface area contributed by atoms with Crippen LogP contribution < -0.4 is 5.43 Å². The molecule has 19 heavy (non-hydrogen) atoms. The van der Waals surface area contributed by atoms with Gasteiger partial charge in [0, 0.05) is 18.9 Å². The molecule has 0 radical (unpaired) electrons. The summed E-state index contributed by atoms with van der Waals surface area (Å²) in [5.74, 6) is -0.385. The van der Waals surface area contributed by atoms with E-state index in [9.17, 15) is 4.79 Å². The molecule has 6 heteroatoms. The number of hydrogen-bond acceptors (Lipinski definition) is 3. The van der Waals surface area contributed by atoms with E-state index in [1.54, 1.807) is 18.3 Å². The molecule has 0 aliphatic rings. The maximum Gasteiger partial charge on any atom is 0.274 e. The molecule has 1 amide bonds. The number of nitrogens with one attached hydrogen (secondary N) is 1. The van der Waals surface area contributed by atoms with Crippen LogP contribution >= 0.6 is 11.6 Å². The summed E-state index contributed by atoms with van der Waals surface area (Å²) in [5, 5.41) is 4.07. The third kappa shape index (κ3) is 3.20. The predicted octanol–water partition coefficient (Wildman–Crippen LogP) is 2.32. The van der Waals surface area contributed by atoms with Crippen LogP contribution in [0.2, 0.25) is 5.15 Å². The molecule has 0 aromatic carbocycles. The monoisotopic (exact) mass is 276 g/mol. The summed E-state index contributed by atoms with van der Waals surface area (Å²) in [6.07, 6.45) is 5.06. The van der Waals surface area contributed by atoms with E-state index in [2.05, 4.69) is 15.5 Å². The second-order valence-corrected chi connectivity index (χ2v) is 4.12. The number of carbonyl (C=O) groups is 1. The second-order valence-electron chi connectivity index (χ2n) is 3.76. The normalized spacial score (nSPS) is 10.8. The van der Waals surface area contributed by atoms with Gasteiger partial charge in [-0.1, -0.05) is 11.6 Å². The van der Waals surface area contributed by atoms with Gasteiger partial charge < -0.3 is 4.57 Å². The Morgan fingerprint density at radius 3 is 3.11 bits per heavy atom. The number of amides is 1. The lowest BCUT2D eigenvalue weighted by molar-refractivity contribution is 0.0955. The lowest BCUT2D eigenvalue weighted by Gasteiger charge is -2.02. The first kappa shape index (κ1) is 13.3. The number of carbonyl (C=O) groups excluding carboxylic acids is 1. The first-order valence-electron chi connectivity index (χ1n) is 5.81. The number of pyridine rings is 1. The zero-order chi connectivity index (χ0) is 13.7. The van der Waals surface area contributed by atoms with Crippen LogP contribution in [0, 0.1) is 0 Å². The fraction of sp³-hybridized carbons (Fsp3) is 0.154. The van der Waals surface area contributed by atoms with E-state index in [0.717, 1.165) is 12.2 Å². The van der Waals surface area contributed by atoms with Crippen molar-refractivity contribution in [3.05, 3.63) is 53.1 Å². The topological polar surface area (TPSA) is 59.3 Å². The molecule has 0 aliphatic heterocycles. The first-order valence-corrected chi connectivity index (χ1v) is 6.19. The highest BCUT2D eigenvalue weighted by Gasteiger charge is 2.09. The fourth-order valence-electron chi connectivity index (χ4n) is 1.61. The molecule has 5 nitrogen and oxygen atoms in total. The molecular weight excluding hydrogens is 264 g/mol. The van der Waals surface area contributed by atoms with Gasteiger partial charge >= 0.3 is 0 Å². The lowest BCUT2D eigenvalue weighted by atomic mass is 10.3. The summed E-state index contributed by atoms with van der Waals surface area (Å²) in [6.45, 7) is 2.88. The maximum absolute atomic E-state index is 11.8. The molecule has 2 aromatic heterocycles. The van der Waals surface area contributed by atoms with Crippen LogP contribution in [0.3, 0.4) is 0 Å². The molecule has 2 heterocycles. The molecule has 1 N–H and O–H groups in total. The van der Waals surface area contributed by atoms with Crippen molar-refractivity contribution in [1.29, 1.82) is 0 Å². The van der Waals surface area contributed by atoms with Crippen molar-refractivity contribution in [2.75, 3.05) is 0 Å². The van der Waals surface area contributed by atoms with Crippen LogP contribution in [-0.4, -0.2) is 21.7 Å². The number of hydrazone groups is 1. The molecule has 0 atom stereocenters. The van der Waals surface area contributed by atoms with Gasteiger partial charge in [-0.15, -0.1) is 0 Å². The zero-order valence-electron chi connectivity index (χ0n) is 10.4. The van der Waals surface area contributed by atoms with Gasteiger partial charge in [-0.3, -0.25) is 4.79 Å². The van der Waals surface area contributed by atoms with E-state index in [4.69, 9.17) is 11.6 Å². The number of rotatable bonds is 4. The van der Waals surface area contributed by atoms with Gasteiger partial charge in [0.1, 0.15) is 5.15 Å². The molecule has 0 saturated carbocycles. The summed E-state index contributed by atoms with van der Waals surface area (Å²) in [7, 11) is 0. The second kappa shape index (κ2) is 6.15. The van der Waals surface area contributed by atoms with Gasteiger partial charge in [-0.05, 0) is 31.2 Å². The summed E-state index contributed by atoms with van der Waals surface area (Å²) >= 11 is 5.82. The van der Waals surface area contributed by atoms with E-state index in [1.165, 1.54) is 6.20 Å². The highest BCUT2D eigenvalue weighted by atomic mass is 35.5. The molecule has 0 saturated heterocycles. The number of aryl methyl sites for hydroxylation is 1. The van der Waals surface area contributed by atoms with Gasteiger partial charge in [0.05, 0.1) is 17.5 Å². The van der Waals surface area contributed by atoms with E-state index >= 15 is 0 Å². The van der Waals surface area contributed by atoms with Gasteiger partial charge in [0.2, 0.25) is 0 Å². The minimum atomic E-state index is -0.385. The average molecular weight is 277 g/mol. The van der Waals surface area contributed by atoms with E-state index in [1.807, 2.05) is 29.8 Å². The Labute approximate surface area is 115 Å². The van der Waals surface area contributed by atoms with Gasteiger partial charge in [0.15, 0.2) is 0 Å². The third-order valence-corrected chi connectivity index (χ3v) is 2.87. The Hall–Kier alpha value is -2.14. The molecular formula is C13H13ClN4O. The summed E-state index contributed by atoms with van der Waals surface area (Å²) < 4.78 is 2.01. The van der Waals surface area contributed by atoms with Crippen molar-refractivity contribution < 1.29 is 4.79 Å². The highest BCUT2D eigenvalue weighted by Crippen LogP contribution is 2.10. The van der Waals surface area contributed by atoms with Crippen molar-refractivity contribution in [2.24, 2.45) is 5.10 Å². The van der Waals surface area contributed by atoms with Gasteiger partial charge in [-0.25, -0.2) is 10.4 Å². The van der Waals surface area contributed by atoms with Crippen molar-refractivity contribution in [1.82, 2.24) is 15.0 Å². The third-order valence-electron chi connectivity index (χ3n) is 2.57. The van der Waals surface area contributed by atoms with Crippen molar-refractivity contribution >= 4 is 23.7 Å². The number of aromatic nitrogens is 2. The first-order chi connectivity index (χ1) is 9.22. The standard InChI is InChI=1S/C13H13ClN4O/c1-2-18-8-4-5-10(18)9-16-17-13(19)11-6-3-7-15-12(11)14/h3-9H,2H2,1H3,(H,17,19). The molecule has 2 rings (SSSR count). The zero-order valence-corrected chi connectivity index (χ0v) is 11.1. The smallest absolute Gasteiger partial charge is 0.274 e. The largest absolute Gasteiger partial charge is 0.347 e. The Morgan fingerprint density at radius 2 is 2.37 bits per heavy atom. The van der Waals surface area contributed by atoms with E-state index < -0.39 is 0 Å². The van der Waals surface area contributed by atoms with E-state index in [-0.39, 0.29) is 11.1 Å². The van der Waals surface area contributed by atoms with Crippen LogP contribution in [0.4, 0.5) is 0 Å². The fourth-order valence-corrected chi connectivity index (χ4v) is 1.81. The number of hydrogen-bond donors (Lipinski definition) is 1. The van der Waals surface area contributed by atoms with Crippen molar-refractivity contribution in [3.8, 4) is 0 Å². The van der Waals surface area contributed by atoms with E-state index in [0.29, 0.717) is 5.56 Å². The molecule has 0 spiro atoms. The molecule has 98 valence electrons.